The Morgan fingerprint density at radius 2 is 2.11 bits per heavy atom. The van der Waals surface area contributed by atoms with Crippen molar-refractivity contribution >= 4 is 38.3 Å². The molecule has 1 amide bonds. The number of carbonyl (C=O) groups is 1. The number of piperidine rings is 1. The number of carbonyl (C=O) groups excluding carboxylic acids is 1. The van der Waals surface area contributed by atoms with E-state index in [4.69, 9.17) is 5.26 Å². The third kappa shape index (κ3) is 3.62. The summed E-state index contributed by atoms with van der Waals surface area (Å²) in [6.45, 7) is 1.37. The van der Waals surface area contributed by atoms with Gasteiger partial charge in [0.2, 0.25) is 5.91 Å². The van der Waals surface area contributed by atoms with Crippen LogP contribution in [-0.2, 0) is 4.79 Å². The molecule has 5 nitrogen and oxygen atoms in total. The second-order valence-electron chi connectivity index (χ2n) is 6.55. The van der Waals surface area contributed by atoms with E-state index < -0.39 is 0 Å². The van der Waals surface area contributed by atoms with Crippen LogP contribution in [0.25, 0.3) is 10.2 Å². The van der Waals surface area contributed by atoms with Crippen LogP contribution < -0.4 is 10.2 Å². The Kier molecular flexibility index (Phi) is 4.73. The molecule has 0 aliphatic carbocycles. The lowest BCUT2D eigenvalue weighted by molar-refractivity contribution is -0.120. The highest BCUT2D eigenvalue weighted by Gasteiger charge is 2.27. The summed E-state index contributed by atoms with van der Waals surface area (Å²) in [5, 5.41) is 12.5. The summed E-state index contributed by atoms with van der Waals surface area (Å²) in [6.07, 6.45) is 1.68. The molecule has 4 rings (SSSR count). The first kappa shape index (κ1) is 17.4. The van der Waals surface area contributed by atoms with Crippen LogP contribution in [-0.4, -0.2) is 24.0 Å². The molecule has 1 atom stereocenters. The Morgan fingerprint density at radius 1 is 1.30 bits per heavy atom. The number of amides is 1. The number of hydrogen-bond donors (Lipinski definition) is 1. The summed E-state index contributed by atoms with van der Waals surface area (Å²) in [5.74, 6) is -0.523. The van der Waals surface area contributed by atoms with Gasteiger partial charge in [-0.3, -0.25) is 4.79 Å². The Bertz CT molecular complexity index is 1020. The number of anilines is 2. The Balaban J connectivity index is 1.47. The smallest absolute Gasteiger partial charge is 0.229 e. The predicted molar refractivity (Wildman–Crippen MR) is 104 cm³/mol. The molecule has 1 aliphatic heterocycles. The fraction of sp³-hybridized carbons (Fsp3) is 0.250. The molecule has 0 bridgehead atoms. The molecule has 1 aromatic heterocycles. The molecule has 2 heterocycles. The number of nitriles is 1. The SMILES string of the molecule is N#Cc1ccc(NC(=O)C2CCCN(c3nc4c(F)cccc4s3)C2)cc1. The van der Waals surface area contributed by atoms with Gasteiger partial charge >= 0.3 is 0 Å². The second-order valence-corrected chi connectivity index (χ2v) is 7.56. The van der Waals surface area contributed by atoms with E-state index in [-0.39, 0.29) is 17.6 Å². The van der Waals surface area contributed by atoms with Crippen LogP contribution in [0.4, 0.5) is 15.2 Å². The van der Waals surface area contributed by atoms with Crippen LogP contribution >= 0.6 is 11.3 Å². The van der Waals surface area contributed by atoms with Crippen molar-refractivity contribution in [3.8, 4) is 6.07 Å². The van der Waals surface area contributed by atoms with Crippen molar-refractivity contribution in [3.05, 3.63) is 53.8 Å². The maximum Gasteiger partial charge on any atom is 0.229 e. The number of rotatable bonds is 3. The van der Waals surface area contributed by atoms with Crippen molar-refractivity contribution < 1.29 is 9.18 Å². The Morgan fingerprint density at radius 3 is 2.85 bits per heavy atom. The predicted octanol–water partition coefficient (Wildman–Crippen LogP) is 4.16. The minimum absolute atomic E-state index is 0.0447. The number of para-hydroxylation sites is 1. The fourth-order valence-electron chi connectivity index (χ4n) is 3.28. The summed E-state index contributed by atoms with van der Waals surface area (Å²) in [7, 11) is 0. The first-order valence-corrected chi connectivity index (χ1v) is 9.57. The maximum atomic E-state index is 13.9. The van der Waals surface area contributed by atoms with Crippen LogP contribution in [0, 0.1) is 23.1 Å². The highest BCUT2D eigenvalue weighted by Crippen LogP contribution is 2.32. The van der Waals surface area contributed by atoms with E-state index in [2.05, 4.69) is 21.3 Å². The molecule has 1 aliphatic rings. The van der Waals surface area contributed by atoms with Crippen LogP contribution in [0.15, 0.2) is 42.5 Å². The number of aromatic nitrogens is 1. The van der Waals surface area contributed by atoms with E-state index in [0.29, 0.717) is 23.3 Å². The standard InChI is InChI=1S/C20H17FN4OS/c21-16-4-1-5-17-18(16)24-20(27-17)25-10-2-3-14(12-25)19(26)23-15-8-6-13(11-22)7-9-15/h1,4-9,14H,2-3,10,12H2,(H,23,26). The Labute approximate surface area is 160 Å². The van der Waals surface area contributed by atoms with Gasteiger partial charge in [0.1, 0.15) is 11.3 Å². The normalized spacial score (nSPS) is 16.9. The van der Waals surface area contributed by atoms with Gasteiger partial charge in [-0.1, -0.05) is 17.4 Å². The van der Waals surface area contributed by atoms with E-state index in [1.807, 2.05) is 6.07 Å². The topological polar surface area (TPSA) is 69.0 Å². The minimum Gasteiger partial charge on any atom is -0.347 e. The first-order chi connectivity index (χ1) is 13.1. The van der Waals surface area contributed by atoms with Crippen molar-refractivity contribution in [1.29, 1.82) is 5.26 Å². The summed E-state index contributed by atoms with van der Waals surface area (Å²) >= 11 is 1.45. The third-order valence-corrected chi connectivity index (χ3v) is 5.78. The van der Waals surface area contributed by atoms with E-state index >= 15 is 0 Å². The van der Waals surface area contributed by atoms with Gasteiger partial charge in [-0.05, 0) is 49.2 Å². The molecule has 1 unspecified atom stereocenters. The molecule has 0 radical (unpaired) electrons. The van der Waals surface area contributed by atoms with Gasteiger partial charge < -0.3 is 10.2 Å². The molecule has 27 heavy (non-hydrogen) atoms. The van der Waals surface area contributed by atoms with Gasteiger partial charge in [0, 0.05) is 18.8 Å². The lowest BCUT2D eigenvalue weighted by Crippen LogP contribution is -2.40. The molecule has 1 N–H and O–H groups in total. The van der Waals surface area contributed by atoms with Crippen molar-refractivity contribution in [2.24, 2.45) is 5.92 Å². The quantitative estimate of drug-likeness (QED) is 0.741. The van der Waals surface area contributed by atoms with Gasteiger partial charge in [-0.25, -0.2) is 9.37 Å². The average Bonchev–Trinajstić information content (AvgIpc) is 3.14. The van der Waals surface area contributed by atoms with Crippen molar-refractivity contribution in [3.63, 3.8) is 0 Å². The summed E-state index contributed by atoms with van der Waals surface area (Å²) in [6, 6.07) is 13.8. The summed E-state index contributed by atoms with van der Waals surface area (Å²) < 4.78 is 14.7. The van der Waals surface area contributed by atoms with Crippen molar-refractivity contribution in [2.45, 2.75) is 12.8 Å². The van der Waals surface area contributed by atoms with Gasteiger partial charge in [0.05, 0.1) is 22.3 Å². The molecular weight excluding hydrogens is 363 g/mol. The van der Waals surface area contributed by atoms with E-state index in [1.54, 1.807) is 30.3 Å². The number of benzene rings is 2. The number of thiazole rings is 1. The summed E-state index contributed by atoms with van der Waals surface area (Å²) in [5.41, 5.74) is 1.62. The molecule has 0 saturated carbocycles. The van der Waals surface area contributed by atoms with E-state index in [0.717, 1.165) is 29.2 Å². The first-order valence-electron chi connectivity index (χ1n) is 8.75. The molecule has 136 valence electrons. The van der Waals surface area contributed by atoms with Crippen molar-refractivity contribution in [2.75, 3.05) is 23.3 Å². The molecule has 2 aromatic carbocycles. The van der Waals surface area contributed by atoms with E-state index in [1.165, 1.54) is 17.4 Å². The fourth-order valence-corrected chi connectivity index (χ4v) is 4.29. The lowest BCUT2D eigenvalue weighted by atomic mass is 9.97. The average molecular weight is 380 g/mol. The highest BCUT2D eigenvalue weighted by molar-refractivity contribution is 7.22. The van der Waals surface area contributed by atoms with Crippen LogP contribution in [0.2, 0.25) is 0 Å². The zero-order chi connectivity index (χ0) is 18.8. The number of nitrogens with zero attached hydrogens (tertiary/aromatic N) is 3. The van der Waals surface area contributed by atoms with Crippen LogP contribution in [0.3, 0.4) is 0 Å². The van der Waals surface area contributed by atoms with Gasteiger partial charge in [0.15, 0.2) is 5.13 Å². The number of hydrogen-bond acceptors (Lipinski definition) is 5. The Hall–Kier alpha value is -2.98. The van der Waals surface area contributed by atoms with E-state index in [9.17, 15) is 9.18 Å². The largest absolute Gasteiger partial charge is 0.347 e. The van der Waals surface area contributed by atoms with Crippen molar-refractivity contribution in [1.82, 2.24) is 4.98 Å². The summed E-state index contributed by atoms with van der Waals surface area (Å²) in [4.78, 5) is 19.2. The molecule has 3 aromatic rings. The van der Waals surface area contributed by atoms with Gasteiger partial charge in [-0.2, -0.15) is 5.26 Å². The zero-order valence-corrected chi connectivity index (χ0v) is 15.3. The van der Waals surface area contributed by atoms with Crippen LogP contribution in [0.1, 0.15) is 18.4 Å². The maximum absolute atomic E-state index is 13.9. The van der Waals surface area contributed by atoms with Crippen LogP contribution in [0.5, 0.6) is 0 Å². The molecule has 1 saturated heterocycles. The second kappa shape index (κ2) is 7.33. The highest BCUT2D eigenvalue weighted by atomic mass is 32.1. The van der Waals surface area contributed by atoms with Gasteiger partial charge in [-0.15, -0.1) is 0 Å². The molecule has 7 heteroatoms. The number of fused-ring (bicyclic) bond motifs is 1. The number of nitrogens with one attached hydrogen (secondary N) is 1. The minimum atomic E-state index is -0.317. The molecule has 1 fully saturated rings. The molecule has 0 spiro atoms. The lowest BCUT2D eigenvalue weighted by Gasteiger charge is -2.31. The zero-order valence-electron chi connectivity index (χ0n) is 14.5. The molecular formula is C20H17FN4OS. The third-order valence-electron chi connectivity index (χ3n) is 4.70. The van der Waals surface area contributed by atoms with Gasteiger partial charge in [0.25, 0.3) is 0 Å². The monoisotopic (exact) mass is 380 g/mol. The number of halogens is 1.